The first kappa shape index (κ1) is 12.3. The Bertz CT molecular complexity index is 497. The van der Waals surface area contributed by atoms with Crippen LogP contribution in [0.2, 0.25) is 0 Å². The van der Waals surface area contributed by atoms with Crippen LogP contribution in [-0.2, 0) is 0 Å². The lowest BCUT2D eigenvalue weighted by atomic mass is 9.96. The molecule has 1 aromatic heterocycles. The fourth-order valence-electron chi connectivity index (χ4n) is 1.97. The van der Waals surface area contributed by atoms with Gasteiger partial charge in [0.25, 0.3) is 0 Å². The molecule has 0 radical (unpaired) electrons. The second-order valence-electron chi connectivity index (χ2n) is 4.73. The van der Waals surface area contributed by atoms with E-state index in [4.69, 9.17) is 5.73 Å². The minimum atomic E-state index is 0.125. The van der Waals surface area contributed by atoms with E-state index < -0.39 is 0 Å². The van der Waals surface area contributed by atoms with E-state index in [0.29, 0.717) is 5.92 Å². The highest BCUT2D eigenvalue weighted by molar-refractivity contribution is 7.15. The molecule has 1 atom stereocenters. The lowest BCUT2D eigenvalue weighted by Crippen LogP contribution is -2.01. The van der Waals surface area contributed by atoms with Crippen molar-refractivity contribution >= 4 is 11.3 Å². The summed E-state index contributed by atoms with van der Waals surface area (Å²) in [6.07, 6.45) is 0. The maximum absolute atomic E-state index is 5.91. The Kier molecular flexibility index (Phi) is 3.65. The summed E-state index contributed by atoms with van der Waals surface area (Å²) in [7, 11) is 0. The first-order chi connectivity index (χ1) is 8.09. The normalized spacial score (nSPS) is 13.0. The largest absolute Gasteiger partial charge is 0.324 e. The fraction of sp³-hybridized carbons (Fsp3) is 0.333. The van der Waals surface area contributed by atoms with Crippen LogP contribution < -0.4 is 5.73 Å². The summed E-state index contributed by atoms with van der Waals surface area (Å²) >= 11 is 1.80. The number of thiophene rings is 1. The topological polar surface area (TPSA) is 26.0 Å². The highest BCUT2D eigenvalue weighted by Gasteiger charge is 2.11. The van der Waals surface area contributed by atoms with Gasteiger partial charge in [0.05, 0.1) is 0 Å². The van der Waals surface area contributed by atoms with E-state index in [9.17, 15) is 0 Å². The summed E-state index contributed by atoms with van der Waals surface area (Å²) in [5.41, 5.74) is 8.67. The standard InChI is InChI=1S/C15H19NS/c1-10(2)12-6-4-5-7-13(12)15-9-8-14(17-15)11(3)16/h4-11H,16H2,1-3H3. The second-order valence-corrected chi connectivity index (χ2v) is 5.85. The van der Waals surface area contributed by atoms with E-state index >= 15 is 0 Å². The van der Waals surface area contributed by atoms with Crippen LogP contribution in [0.1, 0.15) is 43.2 Å². The molecule has 0 saturated heterocycles. The fourth-order valence-corrected chi connectivity index (χ4v) is 2.98. The van der Waals surface area contributed by atoms with Crippen molar-refractivity contribution in [2.24, 2.45) is 5.73 Å². The van der Waals surface area contributed by atoms with Gasteiger partial charge in [-0.3, -0.25) is 0 Å². The van der Waals surface area contributed by atoms with Gasteiger partial charge in [-0.1, -0.05) is 38.1 Å². The Morgan fingerprint density at radius 2 is 1.71 bits per heavy atom. The highest BCUT2D eigenvalue weighted by atomic mass is 32.1. The molecular formula is C15H19NS. The molecule has 1 aromatic carbocycles. The molecule has 0 bridgehead atoms. The zero-order chi connectivity index (χ0) is 12.4. The van der Waals surface area contributed by atoms with E-state index in [1.807, 2.05) is 6.92 Å². The summed E-state index contributed by atoms with van der Waals surface area (Å²) < 4.78 is 0. The van der Waals surface area contributed by atoms with Crippen molar-refractivity contribution in [3.63, 3.8) is 0 Å². The molecule has 90 valence electrons. The van der Waals surface area contributed by atoms with E-state index in [2.05, 4.69) is 50.2 Å². The summed E-state index contributed by atoms with van der Waals surface area (Å²) in [6, 6.07) is 13.1. The Morgan fingerprint density at radius 3 is 2.29 bits per heavy atom. The Hall–Kier alpha value is -1.12. The van der Waals surface area contributed by atoms with Crippen LogP contribution >= 0.6 is 11.3 Å². The van der Waals surface area contributed by atoms with Gasteiger partial charge in [-0.15, -0.1) is 11.3 Å². The molecule has 0 amide bonds. The third-order valence-electron chi connectivity index (χ3n) is 2.92. The van der Waals surface area contributed by atoms with Gasteiger partial charge in [0.1, 0.15) is 0 Å². The number of benzene rings is 1. The van der Waals surface area contributed by atoms with Gasteiger partial charge in [0.2, 0.25) is 0 Å². The van der Waals surface area contributed by atoms with E-state index in [1.54, 1.807) is 11.3 Å². The Morgan fingerprint density at radius 1 is 1.00 bits per heavy atom. The quantitative estimate of drug-likeness (QED) is 0.843. The van der Waals surface area contributed by atoms with Crippen LogP contribution in [0.25, 0.3) is 10.4 Å². The lowest BCUT2D eigenvalue weighted by molar-refractivity contribution is 0.838. The molecule has 0 fully saturated rings. The van der Waals surface area contributed by atoms with Crippen molar-refractivity contribution in [2.75, 3.05) is 0 Å². The maximum Gasteiger partial charge on any atom is 0.0361 e. The zero-order valence-corrected chi connectivity index (χ0v) is 11.4. The average molecular weight is 245 g/mol. The molecule has 0 aliphatic rings. The minimum Gasteiger partial charge on any atom is -0.324 e. The Balaban J connectivity index is 2.45. The number of rotatable bonds is 3. The van der Waals surface area contributed by atoms with Crippen LogP contribution in [0.4, 0.5) is 0 Å². The molecule has 0 aliphatic heterocycles. The summed E-state index contributed by atoms with van der Waals surface area (Å²) in [5.74, 6) is 0.548. The molecule has 2 aromatic rings. The molecule has 1 nitrogen and oxygen atoms in total. The minimum absolute atomic E-state index is 0.125. The molecule has 0 aliphatic carbocycles. The predicted molar refractivity (Wildman–Crippen MR) is 76.4 cm³/mol. The van der Waals surface area contributed by atoms with Crippen molar-refractivity contribution in [3.05, 3.63) is 46.8 Å². The van der Waals surface area contributed by atoms with Gasteiger partial charge in [0.15, 0.2) is 0 Å². The van der Waals surface area contributed by atoms with Crippen molar-refractivity contribution in [1.29, 1.82) is 0 Å². The van der Waals surface area contributed by atoms with Gasteiger partial charge in [0, 0.05) is 15.8 Å². The molecule has 0 saturated carbocycles. The lowest BCUT2D eigenvalue weighted by Gasteiger charge is -2.11. The van der Waals surface area contributed by atoms with Crippen molar-refractivity contribution in [1.82, 2.24) is 0 Å². The SMILES string of the molecule is CC(C)c1ccccc1-c1ccc(C(C)N)s1. The molecule has 0 spiro atoms. The molecule has 2 rings (SSSR count). The smallest absolute Gasteiger partial charge is 0.0361 e. The average Bonchev–Trinajstić information content (AvgIpc) is 2.78. The van der Waals surface area contributed by atoms with Crippen molar-refractivity contribution in [2.45, 2.75) is 32.7 Å². The second kappa shape index (κ2) is 5.03. The summed E-state index contributed by atoms with van der Waals surface area (Å²) in [6.45, 7) is 6.50. The number of nitrogens with two attached hydrogens (primary N) is 1. The third kappa shape index (κ3) is 2.59. The third-order valence-corrected chi connectivity index (χ3v) is 4.24. The molecule has 2 heteroatoms. The van der Waals surface area contributed by atoms with Crippen LogP contribution in [0.15, 0.2) is 36.4 Å². The van der Waals surface area contributed by atoms with Gasteiger partial charge in [-0.05, 0) is 36.1 Å². The maximum atomic E-state index is 5.91. The van der Waals surface area contributed by atoms with Gasteiger partial charge >= 0.3 is 0 Å². The predicted octanol–water partition coefficient (Wildman–Crippen LogP) is 4.56. The van der Waals surface area contributed by atoms with Crippen LogP contribution in [0, 0.1) is 0 Å². The Labute approximate surface area is 107 Å². The first-order valence-corrected chi connectivity index (χ1v) is 6.86. The summed E-state index contributed by atoms with van der Waals surface area (Å²) in [4.78, 5) is 2.57. The highest BCUT2D eigenvalue weighted by Crippen LogP contribution is 2.35. The molecule has 2 N–H and O–H groups in total. The number of hydrogen-bond acceptors (Lipinski definition) is 2. The van der Waals surface area contributed by atoms with Gasteiger partial charge < -0.3 is 5.73 Å². The van der Waals surface area contributed by atoms with Crippen LogP contribution in [0.5, 0.6) is 0 Å². The van der Waals surface area contributed by atoms with Crippen LogP contribution in [0.3, 0.4) is 0 Å². The van der Waals surface area contributed by atoms with Crippen molar-refractivity contribution < 1.29 is 0 Å². The first-order valence-electron chi connectivity index (χ1n) is 6.04. The van der Waals surface area contributed by atoms with E-state index in [-0.39, 0.29) is 6.04 Å². The van der Waals surface area contributed by atoms with Crippen molar-refractivity contribution in [3.8, 4) is 10.4 Å². The van der Waals surface area contributed by atoms with E-state index in [0.717, 1.165) is 0 Å². The monoisotopic (exact) mass is 245 g/mol. The van der Waals surface area contributed by atoms with E-state index in [1.165, 1.54) is 20.9 Å². The molecule has 1 heterocycles. The van der Waals surface area contributed by atoms with Gasteiger partial charge in [-0.25, -0.2) is 0 Å². The number of hydrogen-bond donors (Lipinski definition) is 1. The molecular weight excluding hydrogens is 226 g/mol. The van der Waals surface area contributed by atoms with Crippen LogP contribution in [-0.4, -0.2) is 0 Å². The van der Waals surface area contributed by atoms with Gasteiger partial charge in [-0.2, -0.15) is 0 Å². The molecule has 1 unspecified atom stereocenters. The summed E-state index contributed by atoms with van der Waals surface area (Å²) in [5, 5.41) is 0. The zero-order valence-electron chi connectivity index (χ0n) is 10.6. The molecule has 17 heavy (non-hydrogen) atoms.